The number of aromatic carboxylic acids is 1. The number of carbonyl (C=O) groups is 4. The van der Waals surface area contributed by atoms with E-state index in [4.69, 9.17) is 4.74 Å². The predicted octanol–water partition coefficient (Wildman–Crippen LogP) is 6.03. The molecule has 7 atom stereocenters. The van der Waals surface area contributed by atoms with Crippen LogP contribution in [0, 0.1) is 22.7 Å². The van der Waals surface area contributed by atoms with Crippen molar-refractivity contribution in [3.63, 3.8) is 0 Å². The number of nitrogens with one attached hydrogen (secondary N) is 1. The first-order valence-electron chi connectivity index (χ1n) is 14.7. The Morgan fingerprint density at radius 3 is 2.47 bits per heavy atom. The Kier molecular flexibility index (Phi) is 7.31. The maximum absolute atomic E-state index is 14.0. The van der Waals surface area contributed by atoms with Gasteiger partial charge in [0, 0.05) is 35.0 Å². The SMILES string of the molecule is C[C@]12C[C@]34C[C@@H]1C[C@H](O2)[C@H]3[C@](C)(CCC(=O)Nc1c(O)ccc(C(=O)O)c1O)C(=O)C[C@@H]4SC(=O)c1ccccc1C(F)(F)F. The standard InChI is InChI=1S/C32H32F3NO8S/c1-29(10-9-23(39)36-24-19(37)8-7-17(25(24)40)27(41)42)21(38)12-22(31-13-15-11-20(26(29)31)44-30(15,2)14-31)45-28(43)16-5-3-4-6-18(16)32(33,34)35/h3-8,15,20,22,26,37,40H,9-14H2,1-2H3,(H,36,39)(H,41,42)/t15-,20-,22-,26-,29+,30-,31-/m0/s1. The fourth-order valence-electron chi connectivity index (χ4n) is 8.78. The Hall–Kier alpha value is -3.58. The molecule has 7 rings (SSSR count). The van der Waals surface area contributed by atoms with E-state index in [-0.39, 0.29) is 37.1 Å². The summed E-state index contributed by atoms with van der Waals surface area (Å²) in [4.78, 5) is 51.9. The first kappa shape index (κ1) is 31.4. The van der Waals surface area contributed by atoms with Gasteiger partial charge in [-0.2, -0.15) is 13.2 Å². The number of hydrogen-bond acceptors (Lipinski definition) is 8. The maximum atomic E-state index is 14.0. The fraction of sp³-hybridized carbons (Fsp3) is 0.500. The zero-order valence-corrected chi connectivity index (χ0v) is 25.3. The maximum Gasteiger partial charge on any atom is 0.417 e. The van der Waals surface area contributed by atoms with E-state index in [0.29, 0.717) is 19.3 Å². The van der Waals surface area contributed by atoms with E-state index in [1.807, 2.05) is 6.92 Å². The number of phenolic OH excluding ortho intramolecular Hbond substituents is 1. The summed E-state index contributed by atoms with van der Waals surface area (Å²) in [5, 5.41) is 30.8. The lowest BCUT2D eigenvalue weighted by Gasteiger charge is -2.60. The largest absolute Gasteiger partial charge is 0.506 e. The Labute approximate surface area is 260 Å². The highest BCUT2D eigenvalue weighted by molar-refractivity contribution is 8.14. The number of halogens is 3. The number of thioether (sulfide) groups is 1. The highest BCUT2D eigenvalue weighted by Gasteiger charge is 2.75. The van der Waals surface area contributed by atoms with Crippen LogP contribution in [0.1, 0.15) is 78.7 Å². The number of alkyl halides is 3. The molecule has 13 heteroatoms. The number of carbonyl (C=O) groups excluding carboxylic acids is 3. The number of carboxylic acid groups (broad SMARTS) is 1. The van der Waals surface area contributed by atoms with E-state index >= 15 is 0 Å². The van der Waals surface area contributed by atoms with Crippen molar-refractivity contribution in [3.8, 4) is 11.5 Å². The minimum atomic E-state index is -4.72. The molecule has 5 fully saturated rings. The second-order valence-electron chi connectivity index (χ2n) is 13.2. The van der Waals surface area contributed by atoms with Gasteiger partial charge in [0.2, 0.25) is 11.0 Å². The van der Waals surface area contributed by atoms with Gasteiger partial charge in [-0.3, -0.25) is 14.4 Å². The zero-order chi connectivity index (χ0) is 32.7. The summed E-state index contributed by atoms with van der Waals surface area (Å²) in [5.74, 6) is -3.91. The Bertz CT molecular complexity index is 1630. The molecule has 1 spiro atoms. The number of aromatic hydroxyl groups is 2. The number of phenols is 2. The van der Waals surface area contributed by atoms with Gasteiger partial charge in [0.15, 0.2) is 5.75 Å². The minimum absolute atomic E-state index is 0.0586. The first-order valence-corrected chi connectivity index (χ1v) is 15.5. The number of ether oxygens (including phenoxy) is 1. The Morgan fingerprint density at radius 1 is 1.09 bits per heavy atom. The summed E-state index contributed by atoms with van der Waals surface area (Å²) in [6.07, 6.45) is -3.38. The molecule has 1 amide bonds. The van der Waals surface area contributed by atoms with E-state index < -0.39 is 84.6 Å². The van der Waals surface area contributed by atoms with Gasteiger partial charge >= 0.3 is 12.1 Å². The number of hydrogen-bond donors (Lipinski definition) is 4. The van der Waals surface area contributed by atoms with Gasteiger partial charge in [-0.05, 0) is 68.2 Å². The van der Waals surface area contributed by atoms with Crippen molar-refractivity contribution >= 4 is 40.2 Å². The molecule has 3 saturated carbocycles. The molecule has 2 aromatic carbocycles. The molecule has 9 nitrogen and oxygen atoms in total. The number of carboxylic acids is 1. The molecule has 45 heavy (non-hydrogen) atoms. The first-order chi connectivity index (χ1) is 21.0. The van der Waals surface area contributed by atoms with Crippen LogP contribution >= 0.6 is 11.8 Å². The molecule has 2 aliphatic heterocycles. The monoisotopic (exact) mass is 647 g/mol. The Morgan fingerprint density at radius 2 is 1.80 bits per heavy atom. The van der Waals surface area contributed by atoms with Gasteiger partial charge in [-0.25, -0.2) is 4.79 Å². The topological polar surface area (TPSA) is 150 Å². The van der Waals surface area contributed by atoms with Crippen molar-refractivity contribution in [3.05, 3.63) is 53.1 Å². The van der Waals surface area contributed by atoms with Gasteiger partial charge < -0.3 is 25.4 Å². The molecule has 2 saturated heterocycles. The molecular weight excluding hydrogens is 615 g/mol. The molecule has 0 aromatic heterocycles. The number of anilines is 1. The quantitative estimate of drug-likeness (QED) is 0.264. The summed E-state index contributed by atoms with van der Waals surface area (Å²) >= 11 is 0.800. The summed E-state index contributed by atoms with van der Waals surface area (Å²) < 4.78 is 47.7. The van der Waals surface area contributed by atoms with Gasteiger partial charge in [0.1, 0.15) is 22.8 Å². The Balaban J connectivity index is 1.27. The van der Waals surface area contributed by atoms with Gasteiger partial charge in [-0.15, -0.1) is 0 Å². The molecular formula is C32H32F3NO8S. The van der Waals surface area contributed by atoms with Crippen LogP contribution in [0.5, 0.6) is 11.5 Å². The van der Waals surface area contributed by atoms with E-state index in [1.165, 1.54) is 12.1 Å². The molecule has 5 aliphatic rings. The van der Waals surface area contributed by atoms with E-state index in [1.54, 1.807) is 6.92 Å². The third kappa shape index (κ3) is 4.89. The van der Waals surface area contributed by atoms with Crippen LogP contribution in [0.3, 0.4) is 0 Å². The number of rotatable bonds is 7. The molecule has 3 aliphatic carbocycles. The third-order valence-corrected chi connectivity index (χ3v) is 12.0. The lowest BCUT2D eigenvalue weighted by Crippen LogP contribution is -2.63. The van der Waals surface area contributed by atoms with Crippen molar-refractivity contribution < 1.29 is 52.4 Å². The number of ketones is 1. The molecule has 240 valence electrons. The molecule has 4 bridgehead atoms. The average molecular weight is 648 g/mol. The predicted molar refractivity (Wildman–Crippen MR) is 156 cm³/mol. The van der Waals surface area contributed by atoms with Crippen LogP contribution in [0.4, 0.5) is 18.9 Å². The van der Waals surface area contributed by atoms with Gasteiger partial charge in [-0.1, -0.05) is 30.8 Å². The van der Waals surface area contributed by atoms with Gasteiger partial charge in [0.25, 0.3) is 0 Å². The summed E-state index contributed by atoms with van der Waals surface area (Å²) in [6, 6.07) is 6.66. The lowest BCUT2D eigenvalue weighted by atomic mass is 9.48. The van der Waals surface area contributed by atoms with E-state index in [2.05, 4.69) is 5.32 Å². The number of amides is 1. The lowest BCUT2D eigenvalue weighted by molar-refractivity contribution is -0.189. The molecule has 0 radical (unpaired) electrons. The smallest absolute Gasteiger partial charge is 0.417 e. The molecule has 2 aromatic rings. The molecule has 0 unspecified atom stereocenters. The summed E-state index contributed by atoms with van der Waals surface area (Å²) in [5.41, 5.74) is -4.58. The van der Waals surface area contributed by atoms with Crippen LogP contribution in [0.25, 0.3) is 0 Å². The van der Waals surface area contributed by atoms with Gasteiger partial charge in [0.05, 0.1) is 17.3 Å². The van der Waals surface area contributed by atoms with Crippen LogP contribution in [0.15, 0.2) is 36.4 Å². The highest BCUT2D eigenvalue weighted by Crippen LogP contribution is 2.74. The summed E-state index contributed by atoms with van der Waals surface area (Å²) in [6.45, 7) is 3.78. The van der Waals surface area contributed by atoms with E-state index in [9.17, 15) is 47.7 Å². The second kappa shape index (κ2) is 10.5. The zero-order valence-electron chi connectivity index (χ0n) is 24.4. The van der Waals surface area contributed by atoms with Crippen molar-refractivity contribution in [2.24, 2.45) is 22.7 Å². The highest BCUT2D eigenvalue weighted by atomic mass is 32.2. The number of benzene rings is 2. The van der Waals surface area contributed by atoms with Crippen molar-refractivity contribution in [2.45, 2.75) is 75.5 Å². The van der Waals surface area contributed by atoms with Crippen LogP contribution in [0.2, 0.25) is 0 Å². The average Bonchev–Trinajstić information content (AvgIpc) is 3.33. The summed E-state index contributed by atoms with van der Waals surface area (Å²) in [7, 11) is 0. The van der Waals surface area contributed by atoms with Crippen molar-refractivity contribution in [1.82, 2.24) is 0 Å². The van der Waals surface area contributed by atoms with Crippen LogP contribution in [-0.4, -0.2) is 55.0 Å². The van der Waals surface area contributed by atoms with E-state index in [0.717, 1.165) is 36.0 Å². The normalized spacial score (nSPS) is 33.2. The fourth-order valence-corrected chi connectivity index (χ4v) is 10.1. The third-order valence-electron chi connectivity index (χ3n) is 10.7. The molecule has 4 N–H and O–H groups in total. The number of Topliss-reactive ketones (excluding diaryl/α,β-unsaturated/α-hetero) is 1. The van der Waals surface area contributed by atoms with Crippen LogP contribution < -0.4 is 5.32 Å². The van der Waals surface area contributed by atoms with Crippen molar-refractivity contribution in [1.29, 1.82) is 0 Å². The minimum Gasteiger partial charge on any atom is -0.506 e. The second-order valence-corrected chi connectivity index (χ2v) is 14.4. The van der Waals surface area contributed by atoms with Crippen LogP contribution in [-0.2, 0) is 20.5 Å². The molecule has 2 heterocycles. The van der Waals surface area contributed by atoms with Crippen molar-refractivity contribution in [2.75, 3.05) is 5.32 Å².